The topological polar surface area (TPSA) is 150 Å². The minimum atomic E-state index is -1.19. The van der Waals surface area contributed by atoms with E-state index >= 15 is 0 Å². The van der Waals surface area contributed by atoms with Crippen molar-refractivity contribution in [3.05, 3.63) is 0 Å². The van der Waals surface area contributed by atoms with Gasteiger partial charge < -0.3 is 20.8 Å². The second kappa shape index (κ2) is 20.3. The van der Waals surface area contributed by atoms with E-state index in [1.165, 1.54) is 26.2 Å². The van der Waals surface area contributed by atoms with E-state index < -0.39 is 35.0 Å². The van der Waals surface area contributed by atoms with Crippen LogP contribution >= 0.6 is 12.6 Å². The summed E-state index contributed by atoms with van der Waals surface area (Å²) in [6.45, 7) is 1.49. The van der Waals surface area contributed by atoms with Crippen LogP contribution in [0.15, 0.2) is 0 Å². The Morgan fingerprint density at radius 1 is 0.647 bits per heavy atom. The lowest BCUT2D eigenvalue weighted by molar-refractivity contribution is -0.142. The fraction of sp³-hybridized carbons (Fsp3) is 0.792. The normalized spacial score (nSPS) is 12.5. The average Bonchev–Trinajstić information content (AvgIpc) is 2.76. The highest BCUT2D eigenvalue weighted by atomic mass is 32.1. The van der Waals surface area contributed by atoms with E-state index in [1.54, 1.807) is 0 Å². The fourth-order valence-electron chi connectivity index (χ4n) is 3.50. The fourth-order valence-corrected chi connectivity index (χ4v) is 3.57. The first-order valence-electron chi connectivity index (χ1n) is 12.4. The van der Waals surface area contributed by atoms with Gasteiger partial charge in [0.2, 0.25) is 16.9 Å². The number of unbranched alkanes of at least 4 members (excludes halogenated alkanes) is 11. The molecule has 0 aromatic carbocycles. The number of aliphatic carboxylic acids is 2. The predicted octanol–water partition coefficient (Wildman–Crippen LogP) is 3.84. The largest absolute Gasteiger partial charge is 0.481 e. The third-order valence-corrected chi connectivity index (χ3v) is 5.97. The Balaban J connectivity index is 3.74. The van der Waals surface area contributed by atoms with E-state index in [1.807, 2.05) is 0 Å². The van der Waals surface area contributed by atoms with Crippen LogP contribution in [0, 0.1) is 0 Å². The molecule has 0 aromatic heterocycles. The Morgan fingerprint density at radius 3 is 1.47 bits per heavy atom. The monoisotopic (exact) mass is 502 g/mol. The van der Waals surface area contributed by atoms with Crippen LogP contribution in [0.4, 0.5) is 0 Å². The molecule has 0 saturated heterocycles. The summed E-state index contributed by atoms with van der Waals surface area (Å²) in [5, 5.41) is 22.3. The van der Waals surface area contributed by atoms with E-state index in [0.717, 1.165) is 51.4 Å². The van der Waals surface area contributed by atoms with Crippen molar-refractivity contribution in [2.24, 2.45) is 0 Å². The number of nitrogens with one attached hydrogen (secondary N) is 2. The van der Waals surface area contributed by atoms with Gasteiger partial charge in [0, 0.05) is 19.3 Å². The highest BCUT2D eigenvalue weighted by molar-refractivity contribution is 7.96. The Labute approximate surface area is 208 Å². The first kappa shape index (κ1) is 31.9. The van der Waals surface area contributed by atoms with Crippen molar-refractivity contribution in [3.63, 3.8) is 0 Å². The van der Waals surface area contributed by atoms with Gasteiger partial charge in [0.1, 0.15) is 6.04 Å². The van der Waals surface area contributed by atoms with Gasteiger partial charge in [0.25, 0.3) is 0 Å². The van der Waals surface area contributed by atoms with Crippen molar-refractivity contribution in [3.8, 4) is 0 Å². The summed E-state index contributed by atoms with van der Waals surface area (Å²) in [7, 11) is 0. The van der Waals surface area contributed by atoms with E-state index in [0.29, 0.717) is 6.42 Å². The SMILES string of the molecule is C[C@H](NC(=O)CCC(NC(=O)CCCCCCCCCCCCCCC(=O)O)C(=O)O)C(=O)S. The molecular formula is C24H42N2O7S. The van der Waals surface area contributed by atoms with Crippen LogP contribution in [0.5, 0.6) is 0 Å². The van der Waals surface area contributed by atoms with E-state index in [4.69, 9.17) is 5.11 Å². The molecule has 0 radical (unpaired) electrons. The molecule has 1 unspecified atom stereocenters. The van der Waals surface area contributed by atoms with Gasteiger partial charge in [-0.05, 0) is 26.2 Å². The lowest BCUT2D eigenvalue weighted by Crippen LogP contribution is -2.42. The van der Waals surface area contributed by atoms with Gasteiger partial charge in [0.05, 0.1) is 6.04 Å². The first-order chi connectivity index (χ1) is 16.1. The summed E-state index contributed by atoms with van der Waals surface area (Å²) < 4.78 is 0. The maximum atomic E-state index is 12.0. The number of hydrogen-bond donors (Lipinski definition) is 5. The number of carbonyl (C=O) groups is 5. The van der Waals surface area contributed by atoms with Crippen LogP contribution in [0.2, 0.25) is 0 Å². The molecule has 0 bridgehead atoms. The number of hydrogen-bond acceptors (Lipinski definition) is 5. The van der Waals surface area contributed by atoms with Crippen LogP contribution in [0.1, 0.15) is 110 Å². The van der Waals surface area contributed by atoms with E-state index in [2.05, 4.69) is 23.3 Å². The number of carboxylic acids is 2. The summed E-state index contributed by atoms with van der Waals surface area (Å²) >= 11 is 3.63. The molecule has 10 heteroatoms. The molecule has 2 amide bonds. The molecule has 0 aliphatic rings. The Kier molecular flexibility index (Phi) is 19.0. The van der Waals surface area contributed by atoms with Crippen molar-refractivity contribution >= 4 is 41.5 Å². The van der Waals surface area contributed by atoms with Crippen LogP contribution in [-0.2, 0) is 24.0 Å². The molecule has 0 spiro atoms. The summed E-state index contributed by atoms with van der Waals surface area (Å²) in [6.07, 6.45) is 12.8. The Bertz CT molecular complexity index is 643. The highest BCUT2D eigenvalue weighted by Gasteiger charge is 2.21. The second-order valence-corrected chi connectivity index (χ2v) is 9.20. The maximum absolute atomic E-state index is 12.0. The molecule has 0 aromatic rings. The van der Waals surface area contributed by atoms with E-state index in [-0.39, 0.29) is 31.6 Å². The molecular weight excluding hydrogens is 460 g/mol. The van der Waals surface area contributed by atoms with Gasteiger partial charge >= 0.3 is 11.9 Å². The summed E-state index contributed by atoms with van der Waals surface area (Å²) in [4.78, 5) is 56.6. The quantitative estimate of drug-likeness (QED) is 0.111. The third kappa shape index (κ3) is 19.4. The van der Waals surface area contributed by atoms with Gasteiger partial charge in [-0.2, -0.15) is 0 Å². The minimum absolute atomic E-state index is 0.0529. The Hall–Kier alpha value is -2.10. The average molecular weight is 503 g/mol. The van der Waals surface area contributed by atoms with Crippen molar-refractivity contribution in [1.82, 2.24) is 10.6 Å². The number of carbonyl (C=O) groups excluding carboxylic acids is 3. The van der Waals surface area contributed by atoms with Crippen LogP contribution < -0.4 is 10.6 Å². The van der Waals surface area contributed by atoms with Crippen molar-refractivity contribution in [2.75, 3.05) is 0 Å². The number of amides is 2. The molecule has 0 saturated carbocycles. The molecule has 0 heterocycles. The third-order valence-electron chi connectivity index (χ3n) is 5.59. The number of rotatable bonds is 22. The second-order valence-electron chi connectivity index (χ2n) is 8.76. The van der Waals surface area contributed by atoms with Crippen molar-refractivity contribution in [2.45, 2.75) is 122 Å². The zero-order chi connectivity index (χ0) is 25.8. The zero-order valence-corrected chi connectivity index (χ0v) is 21.2. The molecule has 0 fully saturated rings. The lowest BCUT2D eigenvalue weighted by atomic mass is 10.0. The Morgan fingerprint density at radius 2 is 1.06 bits per heavy atom. The number of thiol groups is 1. The van der Waals surface area contributed by atoms with Crippen LogP contribution in [0.25, 0.3) is 0 Å². The summed E-state index contributed by atoms with van der Waals surface area (Å²) in [5.41, 5.74) is 0. The smallest absolute Gasteiger partial charge is 0.326 e. The zero-order valence-electron chi connectivity index (χ0n) is 20.4. The summed E-state index contributed by atoms with van der Waals surface area (Å²) in [6, 6.07) is -1.90. The van der Waals surface area contributed by atoms with Gasteiger partial charge in [0.15, 0.2) is 0 Å². The van der Waals surface area contributed by atoms with Crippen molar-refractivity contribution < 1.29 is 34.2 Å². The molecule has 9 nitrogen and oxygen atoms in total. The molecule has 196 valence electrons. The van der Waals surface area contributed by atoms with E-state index in [9.17, 15) is 29.1 Å². The van der Waals surface area contributed by atoms with Gasteiger partial charge in [-0.3, -0.25) is 19.2 Å². The molecule has 0 rings (SSSR count). The molecule has 0 aliphatic carbocycles. The van der Waals surface area contributed by atoms with Gasteiger partial charge in [-0.1, -0.05) is 64.2 Å². The molecule has 4 N–H and O–H groups in total. The lowest BCUT2D eigenvalue weighted by Gasteiger charge is -2.15. The number of carboxylic acid groups (broad SMARTS) is 2. The first-order valence-corrected chi connectivity index (χ1v) is 12.8. The van der Waals surface area contributed by atoms with Gasteiger partial charge in [-0.15, -0.1) is 12.6 Å². The van der Waals surface area contributed by atoms with Gasteiger partial charge in [-0.25, -0.2) is 4.79 Å². The molecule has 0 aliphatic heterocycles. The highest BCUT2D eigenvalue weighted by Crippen LogP contribution is 2.13. The standard InChI is InChI=1S/C24H42N2O7S/c1-18(24(33)34)25-21(28)17-16-19(23(31)32)26-20(27)14-12-10-8-6-4-2-3-5-7-9-11-13-15-22(29)30/h18-19H,2-17H2,1H3,(H,25,28)(H,26,27)(H,29,30)(H,31,32)(H,33,34)/t18-,19?/m0/s1. The van der Waals surface area contributed by atoms with Crippen LogP contribution in [-0.4, -0.2) is 51.2 Å². The minimum Gasteiger partial charge on any atom is -0.481 e. The van der Waals surface area contributed by atoms with Crippen molar-refractivity contribution in [1.29, 1.82) is 0 Å². The predicted molar refractivity (Wildman–Crippen MR) is 133 cm³/mol. The molecule has 2 atom stereocenters. The summed E-state index contributed by atoms with van der Waals surface area (Å²) in [5.74, 6) is -2.72. The maximum Gasteiger partial charge on any atom is 0.326 e. The molecule has 34 heavy (non-hydrogen) atoms. The van der Waals surface area contributed by atoms with Crippen LogP contribution in [0.3, 0.4) is 0 Å².